The fourth-order valence-electron chi connectivity index (χ4n) is 1.16. The molecule has 0 aliphatic rings. The van der Waals surface area contributed by atoms with Crippen LogP contribution >= 0.6 is 27.7 Å². The van der Waals surface area contributed by atoms with Crippen molar-refractivity contribution in [3.05, 3.63) is 46.5 Å². The molecule has 2 nitrogen and oxygen atoms in total. The maximum Gasteiger partial charge on any atom is 0.116 e. The van der Waals surface area contributed by atoms with E-state index in [1.54, 1.807) is 24.2 Å². The van der Waals surface area contributed by atoms with E-state index in [0.717, 1.165) is 21.0 Å². The Labute approximate surface area is 101 Å². The van der Waals surface area contributed by atoms with Crippen LogP contribution in [0.25, 0.3) is 0 Å². The van der Waals surface area contributed by atoms with Gasteiger partial charge in [0.05, 0.1) is 12.0 Å². The summed E-state index contributed by atoms with van der Waals surface area (Å²) < 4.78 is 6.39. The summed E-state index contributed by atoms with van der Waals surface area (Å²) in [5, 5.41) is 0.994. The average Bonchev–Trinajstić information content (AvgIpc) is 2.63. The first-order valence-electron chi connectivity index (χ1n) is 4.53. The zero-order chi connectivity index (χ0) is 10.7. The van der Waals surface area contributed by atoms with Crippen LogP contribution in [-0.2, 0) is 5.75 Å². The van der Waals surface area contributed by atoms with Gasteiger partial charge in [-0.15, -0.1) is 0 Å². The van der Waals surface area contributed by atoms with Gasteiger partial charge in [0.15, 0.2) is 0 Å². The number of halogens is 1. The molecule has 0 saturated carbocycles. The maximum absolute atomic E-state index is 5.36. The van der Waals surface area contributed by atoms with Crippen LogP contribution in [0, 0.1) is 6.92 Å². The first-order valence-corrected chi connectivity index (χ1v) is 6.31. The second-order valence-electron chi connectivity index (χ2n) is 3.11. The minimum absolute atomic E-state index is 0.814. The van der Waals surface area contributed by atoms with Crippen molar-refractivity contribution in [3.8, 4) is 0 Å². The quantitative estimate of drug-likeness (QED) is 0.796. The minimum atomic E-state index is 0.814. The van der Waals surface area contributed by atoms with Crippen LogP contribution in [0.2, 0.25) is 0 Å². The Kier molecular flexibility index (Phi) is 3.49. The van der Waals surface area contributed by atoms with Gasteiger partial charge in [-0.25, -0.2) is 4.98 Å². The van der Waals surface area contributed by atoms with Crippen molar-refractivity contribution in [1.29, 1.82) is 0 Å². The van der Waals surface area contributed by atoms with Crippen LogP contribution in [0.1, 0.15) is 11.3 Å². The van der Waals surface area contributed by atoms with E-state index in [1.165, 1.54) is 5.56 Å². The summed E-state index contributed by atoms with van der Waals surface area (Å²) in [6.45, 7) is 2.05. The highest BCUT2D eigenvalue weighted by molar-refractivity contribution is 9.10. The molecule has 15 heavy (non-hydrogen) atoms. The van der Waals surface area contributed by atoms with Gasteiger partial charge in [-0.1, -0.05) is 11.8 Å². The Bertz CT molecular complexity index is 455. The summed E-state index contributed by atoms with van der Waals surface area (Å²) in [5.41, 5.74) is 1.19. The lowest BCUT2D eigenvalue weighted by atomic mass is 10.3. The van der Waals surface area contributed by atoms with E-state index in [2.05, 4.69) is 20.9 Å². The normalized spacial score (nSPS) is 10.5. The molecule has 2 aromatic heterocycles. The first-order chi connectivity index (χ1) is 7.27. The first kappa shape index (κ1) is 10.8. The minimum Gasteiger partial charge on any atom is -0.468 e. The highest BCUT2D eigenvalue weighted by Crippen LogP contribution is 2.28. The van der Waals surface area contributed by atoms with Crippen molar-refractivity contribution in [3.63, 3.8) is 0 Å². The van der Waals surface area contributed by atoms with E-state index in [1.807, 2.05) is 25.1 Å². The predicted molar refractivity (Wildman–Crippen MR) is 64.9 cm³/mol. The molecule has 78 valence electrons. The third kappa shape index (κ3) is 2.63. The van der Waals surface area contributed by atoms with E-state index < -0.39 is 0 Å². The zero-order valence-electron chi connectivity index (χ0n) is 8.24. The lowest BCUT2D eigenvalue weighted by molar-refractivity contribution is 0.528. The maximum atomic E-state index is 5.36. The molecule has 0 N–H and O–H groups in total. The Morgan fingerprint density at radius 1 is 1.47 bits per heavy atom. The molecule has 0 aromatic carbocycles. The van der Waals surface area contributed by atoms with Gasteiger partial charge >= 0.3 is 0 Å². The molecule has 0 aliphatic carbocycles. The second kappa shape index (κ2) is 4.86. The largest absolute Gasteiger partial charge is 0.468 e. The SMILES string of the molecule is Cc1ccoc1CSc1ncccc1Br. The number of pyridine rings is 1. The second-order valence-corrected chi connectivity index (χ2v) is 4.92. The molecule has 0 amide bonds. The number of rotatable bonds is 3. The lowest BCUT2D eigenvalue weighted by Gasteiger charge is -2.01. The van der Waals surface area contributed by atoms with Crippen molar-refractivity contribution in [2.75, 3.05) is 0 Å². The standard InChI is InChI=1S/C11H10BrNOS/c1-8-4-6-14-10(8)7-15-11-9(12)3-2-5-13-11/h2-6H,7H2,1H3. The van der Waals surface area contributed by atoms with Crippen LogP contribution in [0.4, 0.5) is 0 Å². The molecule has 0 bridgehead atoms. The van der Waals surface area contributed by atoms with Gasteiger partial charge in [-0.3, -0.25) is 0 Å². The molecule has 0 spiro atoms. The molecule has 0 aliphatic heterocycles. The van der Waals surface area contributed by atoms with Gasteiger partial charge in [-0.05, 0) is 46.6 Å². The van der Waals surface area contributed by atoms with Gasteiger partial charge in [0.2, 0.25) is 0 Å². The highest BCUT2D eigenvalue weighted by Gasteiger charge is 2.05. The van der Waals surface area contributed by atoms with Gasteiger partial charge in [0.1, 0.15) is 10.8 Å². The summed E-state index contributed by atoms with van der Waals surface area (Å²) in [6, 6.07) is 5.87. The van der Waals surface area contributed by atoms with Gasteiger partial charge < -0.3 is 4.42 Å². The molecule has 0 fully saturated rings. The molecule has 0 saturated heterocycles. The van der Waals surface area contributed by atoms with Crippen LogP contribution in [0.15, 0.2) is 44.6 Å². The lowest BCUT2D eigenvalue weighted by Crippen LogP contribution is -1.84. The van der Waals surface area contributed by atoms with Crippen molar-refractivity contribution < 1.29 is 4.42 Å². The number of thioether (sulfide) groups is 1. The summed E-state index contributed by atoms with van der Waals surface area (Å²) in [5.74, 6) is 1.83. The van der Waals surface area contributed by atoms with Crippen molar-refractivity contribution in [2.45, 2.75) is 17.7 Å². The predicted octanol–water partition coefficient (Wildman–Crippen LogP) is 4.04. The molecule has 2 heterocycles. The van der Waals surface area contributed by atoms with Crippen LogP contribution in [0.5, 0.6) is 0 Å². The molecule has 0 unspecified atom stereocenters. The van der Waals surface area contributed by atoms with Crippen LogP contribution in [0.3, 0.4) is 0 Å². The number of furan rings is 1. The topological polar surface area (TPSA) is 26.0 Å². The third-order valence-corrected chi connectivity index (χ3v) is 3.94. The number of aromatic nitrogens is 1. The van der Waals surface area contributed by atoms with Gasteiger partial charge in [0, 0.05) is 10.7 Å². The number of aryl methyl sites for hydroxylation is 1. The Morgan fingerprint density at radius 2 is 2.33 bits per heavy atom. The summed E-state index contributed by atoms with van der Waals surface area (Å²) in [7, 11) is 0. The fraction of sp³-hybridized carbons (Fsp3) is 0.182. The Balaban J connectivity index is 2.06. The molecule has 2 aromatic rings. The summed E-state index contributed by atoms with van der Waals surface area (Å²) in [4.78, 5) is 4.28. The highest BCUT2D eigenvalue weighted by atomic mass is 79.9. The summed E-state index contributed by atoms with van der Waals surface area (Å²) >= 11 is 5.13. The number of hydrogen-bond donors (Lipinski definition) is 0. The Morgan fingerprint density at radius 3 is 3.00 bits per heavy atom. The monoisotopic (exact) mass is 283 g/mol. The Hall–Kier alpha value is -0.740. The molecular formula is C11H10BrNOS. The molecular weight excluding hydrogens is 274 g/mol. The fourth-order valence-corrected chi connectivity index (χ4v) is 2.67. The van der Waals surface area contributed by atoms with Gasteiger partial charge in [-0.2, -0.15) is 0 Å². The smallest absolute Gasteiger partial charge is 0.116 e. The average molecular weight is 284 g/mol. The summed E-state index contributed by atoms with van der Waals surface area (Å²) in [6.07, 6.45) is 3.51. The van der Waals surface area contributed by atoms with Crippen molar-refractivity contribution in [2.24, 2.45) is 0 Å². The van der Waals surface area contributed by atoms with E-state index >= 15 is 0 Å². The van der Waals surface area contributed by atoms with E-state index in [4.69, 9.17) is 4.42 Å². The van der Waals surface area contributed by atoms with E-state index in [0.29, 0.717) is 0 Å². The van der Waals surface area contributed by atoms with Crippen LogP contribution in [-0.4, -0.2) is 4.98 Å². The zero-order valence-corrected chi connectivity index (χ0v) is 10.6. The van der Waals surface area contributed by atoms with Gasteiger partial charge in [0.25, 0.3) is 0 Å². The molecule has 0 radical (unpaired) electrons. The third-order valence-electron chi connectivity index (χ3n) is 2.03. The molecule has 0 atom stereocenters. The van der Waals surface area contributed by atoms with Crippen molar-refractivity contribution in [1.82, 2.24) is 4.98 Å². The number of nitrogens with zero attached hydrogens (tertiary/aromatic N) is 1. The van der Waals surface area contributed by atoms with E-state index in [9.17, 15) is 0 Å². The van der Waals surface area contributed by atoms with Crippen LogP contribution < -0.4 is 0 Å². The number of hydrogen-bond acceptors (Lipinski definition) is 3. The molecule has 4 heteroatoms. The molecule has 2 rings (SSSR count). The van der Waals surface area contributed by atoms with E-state index in [-0.39, 0.29) is 0 Å². The van der Waals surface area contributed by atoms with Crippen molar-refractivity contribution >= 4 is 27.7 Å².